The molecular weight excluding hydrogens is 548 g/mol. The Labute approximate surface area is 246 Å². The fraction of sp³-hybridized carbons (Fsp3) is 0.143. The van der Waals surface area contributed by atoms with Gasteiger partial charge in [0.1, 0.15) is 5.75 Å². The monoisotopic (exact) mass is 577 g/mol. The van der Waals surface area contributed by atoms with Gasteiger partial charge in [-0.3, -0.25) is 9.59 Å². The summed E-state index contributed by atoms with van der Waals surface area (Å²) in [5, 5.41) is 15.8. The number of pyridine rings is 1. The number of hydrogen-bond donors (Lipinski definition) is 3. The van der Waals surface area contributed by atoms with Crippen molar-refractivity contribution in [2.75, 3.05) is 6.54 Å². The SMILES string of the molecule is Cc1ccc(C(c2[nH]c3ccccc3c2CCNC(=O)c2cccc(F)c2F)c2c(O)c3ccccc3n(C)c2=O)cc1. The highest BCUT2D eigenvalue weighted by Gasteiger charge is 2.30. The van der Waals surface area contributed by atoms with Gasteiger partial charge in [-0.15, -0.1) is 0 Å². The van der Waals surface area contributed by atoms with Crippen LogP contribution in [-0.2, 0) is 13.5 Å². The highest BCUT2D eigenvalue weighted by molar-refractivity contribution is 5.94. The molecule has 6 aromatic rings. The molecule has 1 amide bonds. The predicted molar refractivity (Wildman–Crippen MR) is 164 cm³/mol. The highest BCUT2D eigenvalue weighted by atomic mass is 19.2. The van der Waals surface area contributed by atoms with Gasteiger partial charge in [0.15, 0.2) is 11.6 Å². The minimum absolute atomic E-state index is 0.0937. The van der Waals surface area contributed by atoms with Gasteiger partial charge >= 0.3 is 0 Å². The van der Waals surface area contributed by atoms with Gasteiger partial charge in [-0.2, -0.15) is 0 Å². The maximum Gasteiger partial charge on any atom is 0.258 e. The Kier molecular flexibility index (Phi) is 7.27. The first-order valence-corrected chi connectivity index (χ1v) is 13.9. The number of nitrogens with one attached hydrogen (secondary N) is 2. The van der Waals surface area contributed by atoms with Gasteiger partial charge in [0, 0.05) is 35.6 Å². The van der Waals surface area contributed by atoms with Crippen LogP contribution in [0.25, 0.3) is 21.8 Å². The van der Waals surface area contributed by atoms with E-state index in [1.54, 1.807) is 23.7 Å². The van der Waals surface area contributed by atoms with E-state index in [0.717, 1.165) is 33.7 Å². The molecule has 6 rings (SSSR count). The Hall–Kier alpha value is -5.24. The van der Waals surface area contributed by atoms with E-state index >= 15 is 0 Å². The van der Waals surface area contributed by atoms with Crippen LogP contribution in [0.5, 0.6) is 5.75 Å². The first-order valence-electron chi connectivity index (χ1n) is 13.9. The van der Waals surface area contributed by atoms with Crippen molar-refractivity contribution in [1.29, 1.82) is 0 Å². The zero-order valence-electron chi connectivity index (χ0n) is 23.6. The zero-order chi connectivity index (χ0) is 30.2. The lowest BCUT2D eigenvalue weighted by molar-refractivity contribution is 0.0949. The smallest absolute Gasteiger partial charge is 0.258 e. The third kappa shape index (κ3) is 4.95. The molecule has 2 aromatic heterocycles. The second-order valence-corrected chi connectivity index (χ2v) is 10.7. The van der Waals surface area contributed by atoms with Gasteiger partial charge in [0.25, 0.3) is 11.5 Å². The molecule has 1 atom stereocenters. The van der Waals surface area contributed by atoms with Crippen molar-refractivity contribution in [3.05, 3.63) is 146 Å². The number of carbonyl (C=O) groups excluding carboxylic acids is 1. The van der Waals surface area contributed by atoms with Crippen LogP contribution in [0.3, 0.4) is 0 Å². The summed E-state index contributed by atoms with van der Waals surface area (Å²) >= 11 is 0. The van der Waals surface area contributed by atoms with Crippen LogP contribution in [0.1, 0.15) is 44.2 Å². The molecular formula is C35H29F2N3O3. The van der Waals surface area contributed by atoms with Crippen LogP contribution in [-0.4, -0.2) is 27.1 Å². The summed E-state index contributed by atoms with van der Waals surface area (Å²) in [6, 6.07) is 26.2. The topological polar surface area (TPSA) is 87.1 Å². The number of aromatic amines is 1. The molecule has 3 N–H and O–H groups in total. The van der Waals surface area contributed by atoms with E-state index in [1.807, 2.05) is 67.6 Å². The number of para-hydroxylation sites is 2. The Morgan fingerprint density at radius 2 is 1.63 bits per heavy atom. The normalized spacial score (nSPS) is 12.1. The molecule has 1 unspecified atom stereocenters. The van der Waals surface area contributed by atoms with E-state index in [-0.39, 0.29) is 29.0 Å². The molecule has 43 heavy (non-hydrogen) atoms. The van der Waals surface area contributed by atoms with Crippen molar-refractivity contribution in [3.8, 4) is 5.75 Å². The van der Waals surface area contributed by atoms with Crippen molar-refractivity contribution in [1.82, 2.24) is 14.9 Å². The Balaban J connectivity index is 1.50. The number of aromatic hydroxyl groups is 1. The van der Waals surface area contributed by atoms with Gasteiger partial charge in [-0.1, -0.05) is 66.2 Å². The molecule has 6 nitrogen and oxygen atoms in total. The number of hydrogen-bond acceptors (Lipinski definition) is 3. The lowest BCUT2D eigenvalue weighted by Gasteiger charge is -2.22. The van der Waals surface area contributed by atoms with E-state index in [4.69, 9.17) is 0 Å². The maximum atomic E-state index is 14.3. The third-order valence-corrected chi connectivity index (χ3v) is 8.00. The van der Waals surface area contributed by atoms with Crippen molar-refractivity contribution >= 4 is 27.7 Å². The molecule has 0 bridgehead atoms. The molecule has 216 valence electrons. The number of aryl methyl sites for hydroxylation is 2. The largest absolute Gasteiger partial charge is 0.507 e. The van der Waals surface area contributed by atoms with E-state index in [9.17, 15) is 23.5 Å². The average molecular weight is 578 g/mol. The minimum Gasteiger partial charge on any atom is -0.507 e. The summed E-state index contributed by atoms with van der Waals surface area (Å²) < 4.78 is 29.5. The molecule has 4 aromatic carbocycles. The maximum absolute atomic E-state index is 14.3. The number of amides is 1. The standard InChI is InChI=1S/C35H29F2N3O3/c1-20-14-16-21(17-15-20)29(30-33(41)24-9-4-6-13-28(24)40(2)35(30)43)32-23(22-8-3-5-12-27(22)39-32)18-19-38-34(42)25-10-7-11-26(36)31(25)37/h3-17,29,39,41H,18-19H2,1-2H3,(H,38,42). The molecule has 0 aliphatic heterocycles. The number of rotatable bonds is 7. The van der Waals surface area contributed by atoms with Crippen LogP contribution < -0.4 is 10.9 Å². The number of benzene rings is 4. The Morgan fingerprint density at radius 3 is 2.40 bits per heavy atom. The summed E-state index contributed by atoms with van der Waals surface area (Å²) in [5.74, 6) is -3.79. The van der Waals surface area contributed by atoms with Crippen molar-refractivity contribution in [2.24, 2.45) is 7.05 Å². The number of carbonyl (C=O) groups is 1. The number of H-pyrrole nitrogens is 1. The Morgan fingerprint density at radius 1 is 0.930 bits per heavy atom. The number of fused-ring (bicyclic) bond motifs is 2. The van der Waals surface area contributed by atoms with Crippen molar-refractivity contribution in [2.45, 2.75) is 19.3 Å². The molecule has 0 fully saturated rings. The number of halogens is 2. The summed E-state index contributed by atoms with van der Waals surface area (Å²) in [5.41, 5.74) is 4.32. The summed E-state index contributed by atoms with van der Waals surface area (Å²) in [6.07, 6.45) is 0.318. The average Bonchev–Trinajstić information content (AvgIpc) is 3.38. The molecule has 2 heterocycles. The lowest BCUT2D eigenvalue weighted by Crippen LogP contribution is -2.28. The number of nitrogens with zero attached hydrogens (tertiary/aromatic N) is 1. The summed E-state index contributed by atoms with van der Waals surface area (Å²) in [7, 11) is 1.69. The van der Waals surface area contributed by atoms with Crippen LogP contribution in [0, 0.1) is 18.6 Å². The van der Waals surface area contributed by atoms with Gasteiger partial charge in [0.2, 0.25) is 0 Å². The molecule has 0 saturated carbocycles. The van der Waals surface area contributed by atoms with Crippen molar-refractivity contribution in [3.63, 3.8) is 0 Å². The molecule has 0 aliphatic rings. The molecule has 0 saturated heterocycles. The minimum atomic E-state index is -1.20. The third-order valence-electron chi connectivity index (χ3n) is 8.00. The fourth-order valence-corrected chi connectivity index (χ4v) is 5.81. The first kappa shape index (κ1) is 27.9. The molecule has 0 radical (unpaired) electrons. The zero-order valence-corrected chi connectivity index (χ0v) is 23.6. The fourth-order valence-electron chi connectivity index (χ4n) is 5.81. The Bertz CT molecular complexity index is 2060. The lowest BCUT2D eigenvalue weighted by atomic mass is 9.85. The van der Waals surface area contributed by atoms with Gasteiger partial charge < -0.3 is 20.0 Å². The van der Waals surface area contributed by atoms with E-state index in [0.29, 0.717) is 23.0 Å². The van der Waals surface area contributed by atoms with E-state index in [1.165, 1.54) is 12.1 Å². The van der Waals surface area contributed by atoms with Crippen LogP contribution in [0.2, 0.25) is 0 Å². The first-order chi connectivity index (χ1) is 20.8. The summed E-state index contributed by atoms with van der Waals surface area (Å²) in [4.78, 5) is 30.2. The van der Waals surface area contributed by atoms with E-state index < -0.39 is 23.5 Å². The molecule has 8 heteroatoms. The molecule has 0 spiro atoms. The van der Waals surface area contributed by atoms with Gasteiger partial charge in [0.05, 0.1) is 22.6 Å². The summed E-state index contributed by atoms with van der Waals surface area (Å²) in [6.45, 7) is 2.09. The van der Waals surface area contributed by atoms with Gasteiger partial charge in [-0.25, -0.2) is 8.78 Å². The second kappa shape index (κ2) is 11.2. The van der Waals surface area contributed by atoms with Gasteiger partial charge in [-0.05, 0) is 54.8 Å². The highest BCUT2D eigenvalue weighted by Crippen LogP contribution is 2.41. The van der Waals surface area contributed by atoms with Crippen LogP contribution >= 0.6 is 0 Å². The molecule has 0 aliphatic carbocycles. The second-order valence-electron chi connectivity index (χ2n) is 10.7. The van der Waals surface area contributed by atoms with Crippen LogP contribution in [0.15, 0.2) is 95.8 Å². The number of aromatic nitrogens is 2. The predicted octanol–water partition coefficient (Wildman–Crippen LogP) is 6.46. The van der Waals surface area contributed by atoms with E-state index in [2.05, 4.69) is 10.3 Å². The van der Waals surface area contributed by atoms with Crippen molar-refractivity contribution < 1.29 is 18.7 Å². The quantitative estimate of drug-likeness (QED) is 0.203. The van der Waals surface area contributed by atoms with Crippen LogP contribution in [0.4, 0.5) is 8.78 Å².